The molecule has 0 spiro atoms. The standard InChI is InChI=1S/C12H17NO/c13-12(10-14)9-5-4-8-11-6-2-1-3-7-11/h1-4,6-8,12,14H,5,9-10,13H2/b8-4+/t12-/m0/s1. The summed E-state index contributed by atoms with van der Waals surface area (Å²) in [5.74, 6) is 0. The van der Waals surface area contributed by atoms with Gasteiger partial charge in [-0.25, -0.2) is 0 Å². The summed E-state index contributed by atoms with van der Waals surface area (Å²) in [7, 11) is 0. The Labute approximate surface area is 85.1 Å². The monoisotopic (exact) mass is 191 g/mol. The second kappa shape index (κ2) is 6.35. The molecule has 0 aromatic heterocycles. The number of hydrogen-bond donors (Lipinski definition) is 2. The van der Waals surface area contributed by atoms with Gasteiger partial charge >= 0.3 is 0 Å². The van der Waals surface area contributed by atoms with Crippen molar-refractivity contribution in [1.82, 2.24) is 0 Å². The fraction of sp³-hybridized carbons (Fsp3) is 0.333. The summed E-state index contributed by atoms with van der Waals surface area (Å²) in [6, 6.07) is 10.1. The van der Waals surface area contributed by atoms with Crippen LogP contribution in [0.25, 0.3) is 6.08 Å². The van der Waals surface area contributed by atoms with Gasteiger partial charge < -0.3 is 10.8 Å². The zero-order chi connectivity index (χ0) is 10.2. The molecule has 0 radical (unpaired) electrons. The smallest absolute Gasteiger partial charge is 0.0582 e. The molecule has 76 valence electrons. The highest BCUT2D eigenvalue weighted by Gasteiger charge is 1.96. The minimum Gasteiger partial charge on any atom is -0.395 e. The predicted octanol–water partition coefficient (Wildman–Crippen LogP) is 1.80. The second-order valence-corrected chi connectivity index (χ2v) is 3.33. The number of aliphatic hydroxyl groups excluding tert-OH is 1. The van der Waals surface area contributed by atoms with E-state index in [1.165, 1.54) is 5.56 Å². The van der Waals surface area contributed by atoms with Crippen LogP contribution in [0.15, 0.2) is 36.4 Å². The average Bonchev–Trinajstić information content (AvgIpc) is 2.25. The van der Waals surface area contributed by atoms with Crippen LogP contribution in [0.5, 0.6) is 0 Å². The molecule has 0 heterocycles. The van der Waals surface area contributed by atoms with E-state index in [4.69, 9.17) is 10.8 Å². The molecule has 1 rings (SSSR count). The zero-order valence-corrected chi connectivity index (χ0v) is 8.26. The van der Waals surface area contributed by atoms with Gasteiger partial charge in [-0.15, -0.1) is 0 Å². The molecule has 1 aromatic carbocycles. The van der Waals surface area contributed by atoms with Gasteiger partial charge in [0.2, 0.25) is 0 Å². The Morgan fingerprint density at radius 2 is 2.00 bits per heavy atom. The van der Waals surface area contributed by atoms with Gasteiger partial charge in [-0.1, -0.05) is 42.5 Å². The summed E-state index contributed by atoms with van der Waals surface area (Å²) in [6.07, 6.45) is 5.91. The number of allylic oxidation sites excluding steroid dienone is 1. The molecule has 0 saturated heterocycles. The number of benzene rings is 1. The van der Waals surface area contributed by atoms with Crippen molar-refractivity contribution in [3.8, 4) is 0 Å². The van der Waals surface area contributed by atoms with Gasteiger partial charge in [-0.2, -0.15) is 0 Å². The molecule has 1 aromatic rings. The molecule has 0 saturated carbocycles. The van der Waals surface area contributed by atoms with Crippen LogP contribution in [-0.2, 0) is 0 Å². The molecule has 0 bridgehead atoms. The van der Waals surface area contributed by atoms with Crippen molar-refractivity contribution in [1.29, 1.82) is 0 Å². The first-order valence-corrected chi connectivity index (χ1v) is 4.91. The molecule has 1 atom stereocenters. The number of hydrogen-bond acceptors (Lipinski definition) is 2. The van der Waals surface area contributed by atoms with Crippen molar-refractivity contribution in [2.75, 3.05) is 6.61 Å². The molecule has 14 heavy (non-hydrogen) atoms. The van der Waals surface area contributed by atoms with Gasteiger partial charge in [0.15, 0.2) is 0 Å². The van der Waals surface area contributed by atoms with Crippen molar-refractivity contribution in [2.45, 2.75) is 18.9 Å². The van der Waals surface area contributed by atoms with Crippen molar-refractivity contribution < 1.29 is 5.11 Å². The molecule has 0 unspecified atom stereocenters. The van der Waals surface area contributed by atoms with E-state index in [1.54, 1.807) is 0 Å². The normalized spacial score (nSPS) is 13.3. The van der Waals surface area contributed by atoms with Crippen molar-refractivity contribution in [2.24, 2.45) is 5.73 Å². The Hall–Kier alpha value is -1.12. The fourth-order valence-corrected chi connectivity index (χ4v) is 1.19. The number of aliphatic hydroxyl groups is 1. The second-order valence-electron chi connectivity index (χ2n) is 3.33. The highest BCUT2D eigenvalue weighted by Crippen LogP contribution is 2.03. The topological polar surface area (TPSA) is 46.2 Å². The summed E-state index contributed by atoms with van der Waals surface area (Å²) in [4.78, 5) is 0. The third kappa shape index (κ3) is 4.21. The molecule has 0 aliphatic rings. The SMILES string of the molecule is N[C@H](CO)CC/C=C/c1ccccc1. The summed E-state index contributed by atoms with van der Waals surface area (Å²) >= 11 is 0. The Morgan fingerprint density at radius 1 is 1.29 bits per heavy atom. The van der Waals surface area contributed by atoms with Gasteiger partial charge in [0.25, 0.3) is 0 Å². The predicted molar refractivity (Wildman–Crippen MR) is 59.8 cm³/mol. The molecule has 0 fully saturated rings. The summed E-state index contributed by atoms with van der Waals surface area (Å²) in [5.41, 5.74) is 6.77. The molecule has 2 nitrogen and oxygen atoms in total. The van der Waals surface area contributed by atoms with E-state index in [-0.39, 0.29) is 12.6 Å². The largest absolute Gasteiger partial charge is 0.395 e. The van der Waals surface area contributed by atoms with Gasteiger partial charge in [0.1, 0.15) is 0 Å². The van der Waals surface area contributed by atoms with E-state index in [1.807, 2.05) is 18.2 Å². The molecule has 0 aliphatic carbocycles. The maximum Gasteiger partial charge on any atom is 0.0582 e. The van der Waals surface area contributed by atoms with E-state index in [0.717, 1.165) is 12.8 Å². The van der Waals surface area contributed by atoms with Crippen LogP contribution in [0, 0.1) is 0 Å². The van der Waals surface area contributed by atoms with Crippen LogP contribution < -0.4 is 5.73 Å². The van der Waals surface area contributed by atoms with Crippen LogP contribution in [0.2, 0.25) is 0 Å². The number of nitrogens with two attached hydrogens (primary N) is 1. The molecule has 0 aliphatic heterocycles. The van der Waals surface area contributed by atoms with Crippen LogP contribution in [0.1, 0.15) is 18.4 Å². The third-order valence-electron chi connectivity index (χ3n) is 2.05. The first kappa shape index (κ1) is 11.0. The first-order valence-electron chi connectivity index (χ1n) is 4.91. The lowest BCUT2D eigenvalue weighted by Gasteiger charge is -2.03. The summed E-state index contributed by atoms with van der Waals surface area (Å²) < 4.78 is 0. The average molecular weight is 191 g/mol. The molecule has 2 heteroatoms. The Bertz CT molecular complexity index is 269. The molecule has 3 N–H and O–H groups in total. The lowest BCUT2D eigenvalue weighted by molar-refractivity contribution is 0.260. The van der Waals surface area contributed by atoms with Crippen LogP contribution in [0.4, 0.5) is 0 Å². The summed E-state index contributed by atoms with van der Waals surface area (Å²) in [6.45, 7) is 0.0686. The van der Waals surface area contributed by atoms with Gasteiger partial charge in [0.05, 0.1) is 6.61 Å². The highest BCUT2D eigenvalue weighted by atomic mass is 16.3. The van der Waals surface area contributed by atoms with E-state index >= 15 is 0 Å². The quantitative estimate of drug-likeness (QED) is 0.745. The van der Waals surface area contributed by atoms with E-state index < -0.39 is 0 Å². The maximum atomic E-state index is 8.70. The van der Waals surface area contributed by atoms with Gasteiger partial charge in [0, 0.05) is 6.04 Å². The Morgan fingerprint density at radius 3 is 2.64 bits per heavy atom. The summed E-state index contributed by atoms with van der Waals surface area (Å²) in [5, 5.41) is 8.70. The van der Waals surface area contributed by atoms with E-state index in [9.17, 15) is 0 Å². The zero-order valence-electron chi connectivity index (χ0n) is 8.26. The van der Waals surface area contributed by atoms with E-state index in [0.29, 0.717) is 0 Å². The van der Waals surface area contributed by atoms with Crippen molar-refractivity contribution in [3.05, 3.63) is 42.0 Å². The Kier molecular flexibility index (Phi) is 4.97. The molecule has 0 amide bonds. The highest BCUT2D eigenvalue weighted by molar-refractivity contribution is 5.48. The fourth-order valence-electron chi connectivity index (χ4n) is 1.19. The van der Waals surface area contributed by atoms with Crippen molar-refractivity contribution >= 4 is 6.08 Å². The van der Waals surface area contributed by atoms with Crippen LogP contribution >= 0.6 is 0 Å². The lowest BCUT2D eigenvalue weighted by Crippen LogP contribution is -2.23. The van der Waals surface area contributed by atoms with Crippen LogP contribution in [0.3, 0.4) is 0 Å². The first-order chi connectivity index (χ1) is 6.83. The van der Waals surface area contributed by atoms with E-state index in [2.05, 4.69) is 24.3 Å². The third-order valence-corrected chi connectivity index (χ3v) is 2.05. The lowest BCUT2D eigenvalue weighted by atomic mass is 10.1. The van der Waals surface area contributed by atoms with Crippen molar-refractivity contribution in [3.63, 3.8) is 0 Å². The number of rotatable bonds is 5. The minimum atomic E-state index is -0.0876. The maximum absolute atomic E-state index is 8.70. The molecular weight excluding hydrogens is 174 g/mol. The van der Waals surface area contributed by atoms with Gasteiger partial charge in [-0.05, 0) is 18.4 Å². The van der Waals surface area contributed by atoms with Gasteiger partial charge in [-0.3, -0.25) is 0 Å². The van der Waals surface area contributed by atoms with Crippen LogP contribution in [-0.4, -0.2) is 17.8 Å². The molecular formula is C12H17NO. The minimum absolute atomic E-state index is 0.0686. The Balaban J connectivity index is 2.28.